The third-order valence-electron chi connectivity index (χ3n) is 6.07. The zero-order valence-electron chi connectivity index (χ0n) is 20.8. The number of nitrogens with zero attached hydrogens (tertiary/aromatic N) is 2. The number of hydrogen-bond acceptors (Lipinski definition) is 4. The van der Waals surface area contributed by atoms with Crippen molar-refractivity contribution in [3.05, 3.63) is 48.0 Å². The molecule has 0 unspecified atom stereocenters. The van der Waals surface area contributed by atoms with E-state index in [-0.39, 0.29) is 28.9 Å². The summed E-state index contributed by atoms with van der Waals surface area (Å²) in [5.74, 6) is -29.8. The third-order valence-corrected chi connectivity index (χ3v) is 7.22. The van der Waals surface area contributed by atoms with Crippen LogP contribution in [-0.2, 0) is 20.9 Å². The Bertz CT molecular complexity index is 1710. The van der Waals surface area contributed by atoms with E-state index >= 15 is 0 Å². The molecule has 3 aromatic rings. The number of para-hydroxylation sites is 1. The molecule has 22 heteroatoms. The summed E-state index contributed by atoms with van der Waals surface area (Å²) in [7, 11) is -8.10. The van der Waals surface area contributed by atoms with Gasteiger partial charge in [-0.3, -0.25) is 4.28 Å². The fraction of sp³-hybridized carbons (Fsp3) is 0.409. The van der Waals surface area contributed by atoms with Crippen molar-refractivity contribution in [3.63, 3.8) is 0 Å². The van der Waals surface area contributed by atoms with Gasteiger partial charge in [-0.2, -0.15) is 78.7 Å². The van der Waals surface area contributed by atoms with Crippen LogP contribution in [0.4, 0.5) is 70.2 Å². The normalized spacial score (nSPS) is 15.3. The number of benzene rings is 2. The quantitative estimate of drug-likeness (QED) is 0.130. The number of aromatic nitrogens is 1. The summed E-state index contributed by atoms with van der Waals surface area (Å²) in [6.07, 6.45) is -14.7. The van der Waals surface area contributed by atoms with Crippen LogP contribution in [0.5, 0.6) is 0 Å². The highest BCUT2D eigenvalue weighted by Crippen LogP contribution is 2.55. The first-order valence-corrected chi connectivity index (χ1v) is 12.6. The molecule has 246 valence electrons. The first kappa shape index (κ1) is 35.0. The van der Waals surface area contributed by atoms with Crippen molar-refractivity contribution in [1.82, 2.24) is 4.57 Å². The zero-order chi connectivity index (χ0) is 34.1. The van der Waals surface area contributed by atoms with Crippen LogP contribution >= 0.6 is 0 Å². The van der Waals surface area contributed by atoms with Gasteiger partial charge in [-0.25, -0.2) is 0 Å². The largest absolute Gasteiger partial charge is 0.460 e. The molecule has 44 heavy (non-hydrogen) atoms. The number of hydrogen-bond donors (Lipinski definition) is 0. The molecule has 0 amide bonds. The molecule has 0 spiro atoms. The summed E-state index contributed by atoms with van der Waals surface area (Å²) in [4.78, 5) is 0. The first-order valence-electron chi connectivity index (χ1n) is 11.2. The number of alkyl halides is 16. The van der Waals surface area contributed by atoms with Crippen LogP contribution in [0.1, 0.15) is 12.5 Å². The molecule has 0 aliphatic rings. The predicted molar refractivity (Wildman–Crippen MR) is 119 cm³/mol. The van der Waals surface area contributed by atoms with Crippen molar-refractivity contribution in [2.45, 2.75) is 54.8 Å². The van der Waals surface area contributed by atoms with E-state index < -0.39 is 62.7 Å². The second-order valence-corrected chi connectivity index (χ2v) is 10.3. The lowest BCUT2D eigenvalue weighted by Crippen LogP contribution is -2.63. The number of halogens is 16. The van der Waals surface area contributed by atoms with Gasteiger partial charge in [-0.15, -0.1) is 0 Å². The van der Waals surface area contributed by atoms with Crippen LogP contribution in [0.3, 0.4) is 0 Å². The minimum absolute atomic E-state index is 0.0804. The van der Waals surface area contributed by atoms with Crippen LogP contribution in [0.15, 0.2) is 47.6 Å². The summed E-state index contributed by atoms with van der Waals surface area (Å²) in [6.45, 7) is 1.70. The average molecular weight is 688 g/mol. The van der Waals surface area contributed by atoms with Crippen LogP contribution in [0.25, 0.3) is 21.8 Å². The van der Waals surface area contributed by atoms with Crippen molar-refractivity contribution in [1.29, 1.82) is 0 Å². The molecule has 0 atom stereocenters. The summed E-state index contributed by atoms with van der Waals surface area (Å²) < 4.78 is 242. The van der Waals surface area contributed by atoms with Crippen LogP contribution in [0, 0.1) is 0 Å². The molecule has 0 bridgehead atoms. The van der Waals surface area contributed by atoms with Crippen LogP contribution in [-0.4, -0.2) is 60.0 Å². The maximum atomic E-state index is 14.8. The minimum Gasteiger partial charge on any atom is -0.341 e. The van der Waals surface area contributed by atoms with Gasteiger partial charge in [0.25, 0.3) is 0 Å². The Morgan fingerprint density at radius 3 is 1.70 bits per heavy atom. The van der Waals surface area contributed by atoms with E-state index in [1.54, 1.807) is 12.1 Å². The number of rotatable bonds is 9. The summed E-state index contributed by atoms with van der Waals surface area (Å²) in [5.41, 5.74) is -4.40. The van der Waals surface area contributed by atoms with Gasteiger partial charge < -0.3 is 4.57 Å². The fourth-order valence-electron chi connectivity index (χ4n) is 3.81. The Labute approximate surface area is 233 Å². The first-order chi connectivity index (χ1) is 19.6. The Kier molecular flexibility index (Phi) is 8.19. The van der Waals surface area contributed by atoms with Gasteiger partial charge in [0.1, 0.15) is 0 Å². The molecular weight excluding hydrogens is 676 g/mol. The topological polar surface area (TPSA) is 60.7 Å². The van der Waals surface area contributed by atoms with Gasteiger partial charge in [0, 0.05) is 33.9 Å². The van der Waals surface area contributed by atoms with Gasteiger partial charge in [0.05, 0.1) is 0 Å². The van der Waals surface area contributed by atoms with Crippen molar-refractivity contribution in [2.75, 3.05) is 0 Å². The van der Waals surface area contributed by atoms with Crippen molar-refractivity contribution in [3.8, 4) is 0 Å². The van der Waals surface area contributed by atoms with E-state index in [1.807, 2.05) is 0 Å². The van der Waals surface area contributed by atoms with E-state index in [0.29, 0.717) is 11.6 Å². The number of aryl methyl sites for hydroxylation is 1. The van der Waals surface area contributed by atoms with Gasteiger partial charge in [-0.05, 0) is 25.1 Å². The molecule has 0 radical (unpaired) electrons. The third kappa shape index (κ3) is 4.97. The monoisotopic (exact) mass is 688 g/mol. The second-order valence-electron chi connectivity index (χ2n) is 8.77. The Morgan fingerprint density at radius 2 is 1.20 bits per heavy atom. The van der Waals surface area contributed by atoms with E-state index in [0.717, 1.165) is 6.07 Å². The standard InChI is InChI=1S/C22H12F16N2O3S/c1-2-40-13-6-4-3-5-11(13)12-9-10(7-8-14(12)40)15(16(23,24)17(25,26)20(31,32)33)39-43-44(41,42)22(37,38)19(29,30)18(27,28)21(34,35)36/h3-9H,2H2,1H3. The average Bonchev–Trinajstić information content (AvgIpc) is 3.19. The molecule has 0 N–H and O–H groups in total. The fourth-order valence-corrected chi connectivity index (χ4v) is 4.52. The number of oxime groups is 1. The number of fused-ring (bicyclic) bond motifs is 3. The van der Waals surface area contributed by atoms with E-state index in [2.05, 4.69) is 4.28 Å². The molecule has 1 aromatic heterocycles. The summed E-state index contributed by atoms with van der Waals surface area (Å²) in [6, 6.07) is 7.00. The summed E-state index contributed by atoms with van der Waals surface area (Å²) in [5, 5.41) is -6.22. The van der Waals surface area contributed by atoms with Gasteiger partial charge in [0.2, 0.25) is 0 Å². The molecule has 0 saturated heterocycles. The molecule has 0 fully saturated rings. The van der Waals surface area contributed by atoms with Crippen LogP contribution < -0.4 is 0 Å². The van der Waals surface area contributed by atoms with E-state index in [4.69, 9.17) is 0 Å². The van der Waals surface area contributed by atoms with Crippen molar-refractivity contribution < 1.29 is 82.9 Å². The Balaban J connectivity index is 2.31. The zero-order valence-corrected chi connectivity index (χ0v) is 21.6. The van der Waals surface area contributed by atoms with Gasteiger partial charge in [-0.1, -0.05) is 29.4 Å². The molecule has 0 aliphatic carbocycles. The molecule has 3 rings (SSSR count). The van der Waals surface area contributed by atoms with Gasteiger partial charge in [0.15, 0.2) is 5.71 Å². The predicted octanol–water partition coefficient (Wildman–Crippen LogP) is 8.12. The molecule has 2 aromatic carbocycles. The van der Waals surface area contributed by atoms with Gasteiger partial charge >= 0.3 is 51.4 Å². The SMILES string of the molecule is CCn1c2ccccc2c2cc(C(=NOS(=O)(=O)C(F)(F)C(F)(F)C(F)(F)C(F)(F)F)C(F)(F)C(F)(F)C(F)(F)F)ccc21. The van der Waals surface area contributed by atoms with E-state index in [1.165, 1.54) is 28.8 Å². The maximum absolute atomic E-state index is 14.8. The lowest BCUT2D eigenvalue weighted by Gasteiger charge is -2.32. The lowest BCUT2D eigenvalue weighted by molar-refractivity contribution is -0.382. The molecule has 1 heterocycles. The highest BCUT2D eigenvalue weighted by atomic mass is 32.2. The molecular formula is C22H12F16N2O3S. The molecule has 0 saturated carbocycles. The Morgan fingerprint density at radius 1 is 0.705 bits per heavy atom. The highest BCUT2D eigenvalue weighted by molar-refractivity contribution is 7.87. The Hall–Kier alpha value is -3.46. The lowest BCUT2D eigenvalue weighted by atomic mass is 9.97. The molecule has 5 nitrogen and oxygen atoms in total. The second kappa shape index (κ2) is 10.3. The molecule has 0 aliphatic heterocycles. The van der Waals surface area contributed by atoms with Crippen LogP contribution in [0.2, 0.25) is 0 Å². The van der Waals surface area contributed by atoms with Crippen molar-refractivity contribution in [2.24, 2.45) is 5.16 Å². The highest BCUT2D eigenvalue weighted by Gasteiger charge is 2.86. The van der Waals surface area contributed by atoms with E-state index in [9.17, 15) is 78.7 Å². The minimum atomic E-state index is -8.10. The van der Waals surface area contributed by atoms with Crippen molar-refractivity contribution >= 4 is 37.6 Å². The smallest absolute Gasteiger partial charge is 0.341 e. The summed E-state index contributed by atoms with van der Waals surface area (Å²) >= 11 is 0. The maximum Gasteiger partial charge on any atom is 0.460 e.